The Hall–Kier alpha value is -0.670. The standard InChI is InChI=1S/C16H25NOS/c1-4-17-16(14-9-10-19-11-14)13-5-7-15(8-6-13)18-12(2)3/h5-8,12,14,16-17H,4,9-11H2,1-3H3. The third kappa shape index (κ3) is 4.15. The summed E-state index contributed by atoms with van der Waals surface area (Å²) in [6, 6.07) is 9.12. The predicted molar refractivity (Wildman–Crippen MR) is 84.1 cm³/mol. The van der Waals surface area contributed by atoms with Gasteiger partial charge in [0.25, 0.3) is 0 Å². The molecule has 2 nitrogen and oxygen atoms in total. The molecule has 1 aromatic rings. The monoisotopic (exact) mass is 279 g/mol. The summed E-state index contributed by atoms with van der Waals surface area (Å²) in [6.45, 7) is 7.33. The van der Waals surface area contributed by atoms with Gasteiger partial charge in [0.2, 0.25) is 0 Å². The molecule has 1 fully saturated rings. The van der Waals surface area contributed by atoms with Crippen molar-refractivity contribution in [1.29, 1.82) is 0 Å². The van der Waals surface area contributed by atoms with Crippen molar-refractivity contribution >= 4 is 11.8 Å². The van der Waals surface area contributed by atoms with Crippen LogP contribution in [0.15, 0.2) is 24.3 Å². The summed E-state index contributed by atoms with van der Waals surface area (Å²) in [5.74, 6) is 4.32. The summed E-state index contributed by atoms with van der Waals surface area (Å²) in [7, 11) is 0. The van der Waals surface area contributed by atoms with Gasteiger partial charge in [-0.05, 0) is 61.9 Å². The second-order valence-electron chi connectivity index (χ2n) is 5.39. The summed E-state index contributed by atoms with van der Waals surface area (Å²) >= 11 is 2.08. The average molecular weight is 279 g/mol. The summed E-state index contributed by atoms with van der Waals surface area (Å²) < 4.78 is 5.71. The number of benzene rings is 1. The van der Waals surface area contributed by atoms with Crippen molar-refractivity contribution < 1.29 is 4.74 Å². The number of thioether (sulfide) groups is 1. The van der Waals surface area contributed by atoms with Gasteiger partial charge < -0.3 is 10.1 Å². The van der Waals surface area contributed by atoms with Crippen LogP contribution in [0.3, 0.4) is 0 Å². The number of nitrogens with one attached hydrogen (secondary N) is 1. The smallest absolute Gasteiger partial charge is 0.119 e. The fourth-order valence-electron chi connectivity index (χ4n) is 2.62. The van der Waals surface area contributed by atoms with Gasteiger partial charge in [-0.2, -0.15) is 11.8 Å². The minimum absolute atomic E-state index is 0.238. The maximum Gasteiger partial charge on any atom is 0.119 e. The van der Waals surface area contributed by atoms with E-state index >= 15 is 0 Å². The van der Waals surface area contributed by atoms with Gasteiger partial charge in [-0.1, -0.05) is 19.1 Å². The lowest BCUT2D eigenvalue weighted by Crippen LogP contribution is -2.28. The normalized spacial score (nSPS) is 20.7. The van der Waals surface area contributed by atoms with E-state index in [-0.39, 0.29) is 6.10 Å². The summed E-state index contributed by atoms with van der Waals surface area (Å²) in [5, 5.41) is 3.65. The summed E-state index contributed by atoms with van der Waals surface area (Å²) in [5.41, 5.74) is 1.39. The van der Waals surface area contributed by atoms with E-state index in [0.717, 1.165) is 18.2 Å². The summed E-state index contributed by atoms with van der Waals surface area (Å²) in [4.78, 5) is 0. The van der Waals surface area contributed by atoms with Crippen LogP contribution in [-0.4, -0.2) is 24.2 Å². The fraction of sp³-hybridized carbons (Fsp3) is 0.625. The zero-order chi connectivity index (χ0) is 13.7. The van der Waals surface area contributed by atoms with Crippen LogP contribution in [-0.2, 0) is 0 Å². The van der Waals surface area contributed by atoms with E-state index in [1.165, 1.54) is 23.5 Å². The zero-order valence-corrected chi connectivity index (χ0v) is 13.0. The van der Waals surface area contributed by atoms with Gasteiger partial charge in [0.15, 0.2) is 0 Å². The van der Waals surface area contributed by atoms with Crippen LogP contribution in [0.25, 0.3) is 0 Å². The average Bonchev–Trinajstić information content (AvgIpc) is 2.90. The highest BCUT2D eigenvalue weighted by Gasteiger charge is 2.25. The molecule has 0 aromatic heterocycles. The Morgan fingerprint density at radius 3 is 2.58 bits per heavy atom. The lowest BCUT2D eigenvalue weighted by atomic mass is 9.92. The van der Waals surface area contributed by atoms with Crippen LogP contribution >= 0.6 is 11.8 Å². The molecule has 2 unspecified atom stereocenters. The van der Waals surface area contributed by atoms with E-state index in [4.69, 9.17) is 4.74 Å². The third-order valence-corrected chi connectivity index (χ3v) is 4.66. The van der Waals surface area contributed by atoms with Crippen molar-refractivity contribution in [3.05, 3.63) is 29.8 Å². The molecule has 0 bridgehead atoms. The van der Waals surface area contributed by atoms with Crippen molar-refractivity contribution in [1.82, 2.24) is 5.32 Å². The van der Waals surface area contributed by atoms with Gasteiger partial charge >= 0.3 is 0 Å². The Kier molecular flexibility index (Phi) is 5.59. The molecule has 1 aliphatic rings. The molecule has 1 heterocycles. The number of hydrogen-bond donors (Lipinski definition) is 1. The fourth-order valence-corrected chi connectivity index (χ4v) is 3.92. The molecule has 0 spiro atoms. The Balaban J connectivity index is 2.08. The first-order valence-electron chi connectivity index (χ1n) is 7.28. The highest BCUT2D eigenvalue weighted by molar-refractivity contribution is 7.99. The lowest BCUT2D eigenvalue weighted by molar-refractivity contribution is 0.242. The Labute approximate surface area is 121 Å². The van der Waals surface area contributed by atoms with Crippen LogP contribution in [0, 0.1) is 5.92 Å². The lowest BCUT2D eigenvalue weighted by Gasteiger charge is -2.24. The predicted octanol–water partition coefficient (Wildman–Crippen LogP) is 3.88. The molecule has 0 amide bonds. The molecular weight excluding hydrogens is 254 g/mol. The molecule has 2 rings (SSSR count). The Bertz CT molecular complexity index is 371. The molecular formula is C16H25NOS. The van der Waals surface area contributed by atoms with E-state index in [2.05, 4.69) is 62.1 Å². The topological polar surface area (TPSA) is 21.3 Å². The van der Waals surface area contributed by atoms with Crippen LogP contribution in [0.1, 0.15) is 38.8 Å². The number of ether oxygens (including phenoxy) is 1. The number of rotatable bonds is 6. The van der Waals surface area contributed by atoms with Crippen LogP contribution in [0.4, 0.5) is 0 Å². The maximum atomic E-state index is 5.71. The molecule has 1 saturated heterocycles. The van der Waals surface area contributed by atoms with Crippen molar-refractivity contribution in [3.63, 3.8) is 0 Å². The molecule has 2 atom stereocenters. The zero-order valence-electron chi connectivity index (χ0n) is 12.2. The van der Waals surface area contributed by atoms with E-state index in [9.17, 15) is 0 Å². The maximum absolute atomic E-state index is 5.71. The van der Waals surface area contributed by atoms with Crippen LogP contribution in [0.2, 0.25) is 0 Å². The van der Waals surface area contributed by atoms with Crippen LogP contribution in [0.5, 0.6) is 5.75 Å². The Morgan fingerprint density at radius 2 is 2.05 bits per heavy atom. The van der Waals surface area contributed by atoms with E-state index < -0.39 is 0 Å². The first-order valence-corrected chi connectivity index (χ1v) is 8.44. The Morgan fingerprint density at radius 1 is 1.32 bits per heavy atom. The molecule has 0 aliphatic carbocycles. The molecule has 106 valence electrons. The van der Waals surface area contributed by atoms with Crippen molar-refractivity contribution in [2.45, 2.75) is 39.3 Å². The van der Waals surface area contributed by atoms with E-state index in [1.807, 2.05) is 0 Å². The van der Waals surface area contributed by atoms with Gasteiger partial charge in [-0.15, -0.1) is 0 Å². The highest BCUT2D eigenvalue weighted by atomic mass is 32.2. The first-order chi connectivity index (χ1) is 9.20. The molecule has 3 heteroatoms. The van der Waals surface area contributed by atoms with Gasteiger partial charge in [0, 0.05) is 6.04 Å². The molecule has 1 aliphatic heterocycles. The SMILES string of the molecule is CCNC(c1ccc(OC(C)C)cc1)C1CCSC1. The molecule has 1 aromatic carbocycles. The minimum atomic E-state index is 0.238. The molecule has 0 radical (unpaired) electrons. The quantitative estimate of drug-likeness (QED) is 0.854. The van der Waals surface area contributed by atoms with Gasteiger partial charge in [-0.3, -0.25) is 0 Å². The van der Waals surface area contributed by atoms with E-state index in [1.54, 1.807) is 0 Å². The van der Waals surface area contributed by atoms with Crippen molar-refractivity contribution in [3.8, 4) is 5.75 Å². The van der Waals surface area contributed by atoms with Gasteiger partial charge in [0.05, 0.1) is 6.10 Å². The summed E-state index contributed by atoms with van der Waals surface area (Å²) in [6.07, 6.45) is 1.56. The molecule has 0 saturated carbocycles. The van der Waals surface area contributed by atoms with Crippen molar-refractivity contribution in [2.75, 3.05) is 18.1 Å². The van der Waals surface area contributed by atoms with E-state index in [0.29, 0.717) is 6.04 Å². The minimum Gasteiger partial charge on any atom is -0.491 e. The van der Waals surface area contributed by atoms with Gasteiger partial charge in [0.1, 0.15) is 5.75 Å². The van der Waals surface area contributed by atoms with Crippen molar-refractivity contribution in [2.24, 2.45) is 5.92 Å². The first kappa shape index (κ1) is 14.7. The van der Waals surface area contributed by atoms with Crippen LogP contribution < -0.4 is 10.1 Å². The second kappa shape index (κ2) is 7.20. The van der Waals surface area contributed by atoms with Gasteiger partial charge in [-0.25, -0.2) is 0 Å². The third-order valence-electron chi connectivity index (χ3n) is 3.47. The number of hydrogen-bond acceptors (Lipinski definition) is 3. The highest BCUT2D eigenvalue weighted by Crippen LogP contribution is 2.34. The molecule has 1 N–H and O–H groups in total. The largest absolute Gasteiger partial charge is 0.491 e. The second-order valence-corrected chi connectivity index (χ2v) is 6.54. The molecule has 19 heavy (non-hydrogen) atoms.